The van der Waals surface area contributed by atoms with Gasteiger partial charge < -0.3 is 23.7 Å². The normalized spacial score (nSPS) is 10.3. The van der Waals surface area contributed by atoms with Crippen molar-refractivity contribution in [2.75, 3.05) is 26.4 Å². The van der Waals surface area contributed by atoms with Crippen LogP contribution in [0.25, 0.3) is 0 Å². The summed E-state index contributed by atoms with van der Waals surface area (Å²) >= 11 is 1.09. The van der Waals surface area contributed by atoms with Gasteiger partial charge in [0.25, 0.3) is 0 Å². The molecular weight excluding hydrogens is 596 g/mol. The van der Waals surface area contributed by atoms with Crippen molar-refractivity contribution in [3.05, 3.63) is 109 Å². The van der Waals surface area contributed by atoms with Crippen LogP contribution < -0.4 is 14.2 Å². The predicted molar refractivity (Wildman–Crippen MR) is 171 cm³/mol. The maximum absolute atomic E-state index is 12.9. The molecule has 0 radical (unpaired) electrons. The lowest BCUT2D eigenvalue weighted by Crippen LogP contribution is -2.09. The third-order valence-corrected chi connectivity index (χ3v) is 7.28. The molecule has 0 unspecified atom stereocenters. The largest absolute Gasteiger partial charge is 0.494 e. The molecule has 0 aromatic heterocycles. The number of carbonyl (C=O) groups is 4. The monoisotopic (exact) mass is 632 g/mol. The number of esters is 3. The van der Waals surface area contributed by atoms with Gasteiger partial charge in [0.15, 0.2) is 0 Å². The van der Waals surface area contributed by atoms with Crippen LogP contribution in [0.1, 0.15) is 52.0 Å². The fourth-order valence-corrected chi connectivity index (χ4v) is 4.56. The number of hydrogen-bond donors (Lipinski definition) is 0. The van der Waals surface area contributed by atoms with Gasteiger partial charge in [0.05, 0.1) is 32.0 Å². The first-order valence-corrected chi connectivity index (χ1v) is 15.2. The molecule has 3 aromatic rings. The van der Waals surface area contributed by atoms with Crippen molar-refractivity contribution in [3.63, 3.8) is 0 Å². The SMILES string of the molecule is C=CC(=O)OCCCCOc1ccc(C(=O)Oc2ccc(SC(=O)c3ccc(OCCCCOC(=O)C=C)cc3)c(C)c2)cc1. The summed E-state index contributed by atoms with van der Waals surface area (Å²) in [7, 11) is 0. The second kappa shape index (κ2) is 18.7. The Bertz CT molecular complexity index is 1460. The Kier molecular flexibility index (Phi) is 14.4. The lowest BCUT2D eigenvalue weighted by Gasteiger charge is -2.10. The average molecular weight is 633 g/mol. The Hall–Kier alpha value is -4.83. The Morgan fingerprint density at radius 1 is 0.644 bits per heavy atom. The number of thioether (sulfide) groups is 1. The Balaban J connectivity index is 1.41. The van der Waals surface area contributed by atoms with Gasteiger partial charge in [-0.1, -0.05) is 13.2 Å². The number of rotatable bonds is 18. The quantitative estimate of drug-likeness (QED) is 0.0481. The first kappa shape index (κ1) is 34.7. The highest BCUT2D eigenvalue weighted by atomic mass is 32.2. The molecular formula is C35H36O9S. The highest BCUT2D eigenvalue weighted by molar-refractivity contribution is 8.14. The van der Waals surface area contributed by atoms with Gasteiger partial charge in [-0.15, -0.1) is 0 Å². The number of unbranched alkanes of at least 4 members (excludes halogenated alkanes) is 2. The lowest BCUT2D eigenvalue weighted by molar-refractivity contribution is -0.138. The van der Waals surface area contributed by atoms with Crippen LogP contribution in [0.2, 0.25) is 0 Å². The van der Waals surface area contributed by atoms with E-state index >= 15 is 0 Å². The van der Waals surface area contributed by atoms with E-state index in [0.29, 0.717) is 80.5 Å². The Morgan fingerprint density at radius 2 is 1.11 bits per heavy atom. The minimum atomic E-state index is -0.514. The molecule has 0 aliphatic heterocycles. The molecule has 10 heteroatoms. The topological polar surface area (TPSA) is 114 Å². The minimum Gasteiger partial charge on any atom is -0.494 e. The van der Waals surface area contributed by atoms with Crippen LogP contribution in [-0.4, -0.2) is 49.5 Å². The van der Waals surface area contributed by atoms with Crippen LogP contribution in [0, 0.1) is 6.92 Å². The molecule has 0 aliphatic rings. The average Bonchev–Trinajstić information content (AvgIpc) is 3.05. The van der Waals surface area contributed by atoms with Crippen molar-refractivity contribution in [3.8, 4) is 17.2 Å². The van der Waals surface area contributed by atoms with Gasteiger partial charge in [-0.05, 0) is 117 Å². The van der Waals surface area contributed by atoms with E-state index in [1.165, 1.54) is 0 Å². The Morgan fingerprint density at radius 3 is 1.60 bits per heavy atom. The molecule has 0 saturated heterocycles. The first-order chi connectivity index (χ1) is 21.8. The molecule has 236 valence electrons. The fourth-order valence-electron chi connectivity index (χ4n) is 3.75. The van der Waals surface area contributed by atoms with E-state index in [-0.39, 0.29) is 5.12 Å². The minimum absolute atomic E-state index is 0.128. The van der Waals surface area contributed by atoms with Gasteiger partial charge in [-0.3, -0.25) is 4.79 Å². The molecule has 9 nitrogen and oxygen atoms in total. The molecule has 0 amide bonds. The van der Waals surface area contributed by atoms with Crippen LogP contribution in [0.3, 0.4) is 0 Å². The number of ether oxygens (including phenoxy) is 5. The third kappa shape index (κ3) is 12.4. The summed E-state index contributed by atoms with van der Waals surface area (Å²) in [5.74, 6) is 0.223. The highest BCUT2D eigenvalue weighted by Crippen LogP contribution is 2.30. The van der Waals surface area contributed by atoms with E-state index in [9.17, 15) is 19.2 Å². The standard InChI is InChI=1S/C35H36O9S/c1-4-32(36)42-22-8-6-20-40-28-14-10-26(11-15-28)34(38)44-30-18-19-31(25(3)24-30)45-35(39)27-12-16-29(17-13-27)41-21-7-9-23-43-33(37)5-2/h4-5,10-19,24H,1-2,6-9,20-23H2,3H3. The molecule has 0 fully saturated rings. The van der Waals surface area contributed by atoms with E-state index in [1.54, 1.807) is 66.7 Å². The van der Waals surface area contributed by atoms with Crippen LogP contribution >= 0.6 is 11.8 Å². The maximum Gasteiger partial charge on any atom is 0.343 e. The van der Waals surface area contributed by atoms with E-state index in [2.05, 4.69) is 13.2 Å². The second-order valence-corrected chi connectivity index (χ2v) is 10.6. The zero-order valence-corrected chi connectivity index (χ0v) is 26.0. The zero-order valence-electron chi connectivity index (χ0n) is 25.2. The van der Waals surface area contributed by atoms with E-state index in [0.717, 1.165) is 34.4 Å². The molecule has 45 heavy (non-hydrogen) atoms. The molecule has 0 atom stereocenters. The van der Waals surface area contributed by atoms with Crippen LogP contribution in [-0.2, 0) is 19.1 Å². The summed E-state index contributed by atoms with van der Waals surface area (Å²) in [4.78, 5) is 48.3. The first-order valence-electron chi connectivity index (χ1n) is 14.4. The van der Waals surface area contributed by atoms with Gasteiger partial charge in [0.2, 0.25) is 5.12 Å². The van der Waals surface area contributed by atoms with Gasteiger partial charge >= 0.3 is 17.9 Å². The number of aryl methyl sites for hydroxylation is 1. The molecule has 0 aliphatic carbocycles. The summed E-state index contributed by atoms with van der Waals surface area (Å²) in [6.45, 7) is 10.1. The van der Waals surface area contributed by atoms with Crippen molar-refractivity contribution in [1.82, 2.24) is 0 Å². The van der Waals surface area contributed by atoms with Crippen molar-refractivity contribution >= 4 is 34.8 Å². The summed E-state index contributed by atoms with van der Waals surface area (Å²) in [5, 5.41) is -0.128. The summed E-state index contributed by atoms with van der Waals surface area (Å²) < 4.78 is 26.7. The molecule has 0 heterocycles. The predicted octanol–water partition coefficient (Wildman–Crippen LogP) is 6.92. The summed E-state index contributed by atoms with van der Waals surface area (Å²) in [6.07, 6.45) is 5.02. The number of carbonyl (C=O) groups excluding carboxylic acids is 4. The molecule has 0 N–H and O–H groups in total. The maximum atomic E-state index is 12.9. The molecule has 3 aromatic carbocycles. The molecule has 3 rings (SSSR count). The number of benzene rings is 3. The fraction of sp³-hybridized carbons (Fsp3) is 0.257. The van der Waals surface area contributed by atoms with Crippen molar-refractivity contribution < 1.29 is 42.9 Å². The van der Waals surface area contributed by atoms with Crippen LogP contribution in [0.4, 0.5) is 0 Å². The second-order valence-electron chi connectivity index (χ2n) is 9.61. The molecule has 0 saturated carbocycles. The smallest absolute Gasteiger partial charge is 0.343 e. The highest BCUT2D eigenvalue weighted by Gasteiger charge is 2.14. The van der Waals surface area contributed by atoms with Crippen LogP contribution in [0.15, 0.2) is 96.9 Å². The van der Waals surface area contributed by atoms with E-state index < -0.39 is 17.9 Å². The van der Waals surface area contributed by atoms with Gasteiger partial charge in [-0.2, -0.15) is 0 Å². The van der Waals surface area contributed by atoms with E-state index in [1.807, 2.05) is 6.92 Å². The summed E-state index contributed by atoms with van der Waals surface area (Å²) in [5.41, 5.74) is 1.69. The third-order valence-electron chi connectivity index (χ3n) is 6.18. The van der Waals surface area contributed by atoms with Crippen molar-refractivity contribution in [2.45, 2.75) is 37.5 Å². The molecule has 0 spiro atoms. The van der Waals surface area contributed by atoms with Gasteiger partial charge in [-0.25, -0.2) is 14.4 Å². The van der Waals surface area contributed by atoms with Gasteiger partial charge in [0, 0.05) is 22.6 Å². The molecule has 0 bridgehead atoms. The van der Waals surface area contributed by atoms with Crippen LogP contribution in [0.5, 0.6) is 17.2 Å². The van der Waals surface area contributed by atoms with Crippen molar-refractivity contribution in [2.24, 2.45) is 0 Å². The zero-order chi connectivity index (χ0) is 32.4. The van der Waals surface area contributed by atoms with Crippen molar-refractivity contribution in [1.29, 1.82) is 0 Å². The van der Waals surface area contributed by atoms with E-state index in [4.69, 9.17) is 23.7 Å². The Labute approximate surface area is 267 Å². The lowest BCUT2D eigenvalue weighted by atomic mass is 10.2. The van der Waals surface area contributed by atoms with Gasteiger partial charge in [0.1, 0.15) is 17.2 Å². The summed E-state index contributed by atoms with van der Waals surface area (Å²) in [6, 6.07) is 18.7. The number of hydrogen-bond acceptors (Lipinski definition) is 10.